The minimum absolute atomic E-state index is 0.0955. The highest BCUT2D eigenvalue weighted by Crippen LogP contribution is 2.18. The van der Waals surface area contributed by atoms with Gasteiger partial charge in [0.15, 0.2) is 0 Å². The standard InChI is InChI=1S/C17H15FN2O/c1-11(12-5-3-2-4-6-12)19-17(21)16-10-13-9-14(18)7-8-15(13)20-16/h2-11,20H,1H3,(H,19,21)/t11-/m1/s1. The molecule has 3 aromatic rings. The van der Waals surface area contributed by atoms with Crippen molar-refractivity contribution in [3.63, 3.8) is 0 Å². The number of carbonyl (C=O) groups is 1. The van der Waals surface area contributed by atoms with Crippen molar-refractivity contribution in [2.45, 2.75) is 13.0 Å². The first-order chi connectivity index (χ1) is 10.1. The van der Waals surface area contributed by atoms with E-state index in [0.717, 1.165) is 11.1 Å². The molecule has 0 spiro atoms. The molecule has 0 saturated carbocycles. The van der Waals surface area contributed by atoms with Crippen LogP contribution in [0.25, 0.3) is 10.9 Å². The molecule has 1 atom stereocenters. The van der Waals surface area contributed by atoms with Gasteiger partial charge in [0, 0.05) is 10.9 Å². The van der Waals surface area contributed by atoms with Crippen LogP contribution in [0.2, 0.25) is 0 Å². The summed E-state index contributed by atoms with van der Waals surface area (Å²) < 4.78 is 13.2. The second kappa shape index (κ2) is 5.40. The summed E-state index contributed by atoms with van der Waals surface area (Å²) in [6, 6.07) is 15.7. The minimum Gasteiger partial charge on any atom is -0.351 e. The predicted molar refractivity (Wildman–Crippen MR) is 80.6 cm³/mol. The molecule has 2 aromatic carbocycles. The molecule has 3 nitrogen and oxygen atoms in total. The molecule has 106 valence electrons. The Morgan fingerprint density at radius 3 is 2.67 bits per heavy atom. The Hall–Kier alpha value is -2.62. The Labute approximate surface area is 121 Å². The van der Waals surface area contributed by atoms with Gasteiger partial charge in [-0.15, -0.1) is 0 Å². The fraction of sp³-hybridized carbons (Fsp3) is 0.118. The molecule has 0 aliphatic rings. The zero-order valence-corrected chi connectivity index (χ0v) is 11.6. The number of aromatic amines is 1. The molecule has 0 aliphatic carbocycles. The first kappa shape index (κ1) is 13.4. The number of amides is 1. The quantitative estimate of drug-likeness (QED) is 0.754. The molecule has 4 heteroatoms. The number of rotatable bonds is 3. The lowest BCUT2D eigenvalue weighted by molar-refractivity contribution is 0.0935. The van der Waals surface area contributed by atoms with E-state index in [1.54, 1.807) is 12.1 Å². The van der Waals surface area contributed by atoms with Gasteiger partial charge in [-0.05, 0) is 36.8 Å². The minimum atomic E-state index is -0.314. The topological polar surface area (TPSA) is 44.9 Å². The maximum absolute atomic E-state index is 13.2. The van der Waals surface area contributed by atoms with E-state index in [2.05, 4.69) is 10.3 Å². The molecule has 0 radical (unpaired) electrons. The number of benzene rings is 2. The third-order valence-electron chi connectivity index (χ3n) is 3.47. The summed E-state index contributed by atoms with van der Waals surface area (Å²) in [5.41, 5.74) is 2.21. The largest absolute Gasteiger partial charge is 0.351 e. The molecule has 21 heavy (non-hydrogen) atoms. The van der Waals surface area contributed by atoms with Gasteiger partial charge in [-0.25, -0.2) is 4.39 Å². The van der Waals surface area contributed by atoms with Crippen LogP contribution in [0.5, 0.6) is 0 Å². The van der Waals surface area contributed by atoms with Crippen molar-refractivity contribution in [2.24, 2.45) is 0 Å². The Kier molecular flexibility index (Phi) is 3.44. The van der Waals surface area contributed by atoms with Crippen molar-refractivity contribution < 1.29 is 9.18 Å². The van der Waals surface area contributed by atoms with Gasteiger partial charge in [-0.3, -0.25) is 4.79 Å². The number of hydrogen-bond acceptors (Lipinski definition) is 1. The second-order valence-corrected chi connectivity index (χ2v) is 5.02. The van der Waals surface area contributed by atoms with Gasteiger partial charge in [-0.2, -0.15) is 0 Å². The Bertz CT molecular complexity index is 780. The average Bonchev–Trinajstić information content (AvgIpc) is 2.91. The van der Waals surface area contributed by atoms with Crippen LogP contribution in [0.4, 0.5) is 4.39 Å². The van der Waals surface area contributed by atoms with Gasteiger partial charge < -0.3 is 10.3 Å². The molecule has 0 fully saturated rings. The molecule has 1 heterocycles. The van der Waals surface area contributed by atoms with Crippen LogP contribution in [-0.4, -0.2) is 10.9 Å². The number of fused-ring (bicyclic) bond motifs is 1. The first-order valence-corrected chi connectivity index (χ1v) is 6.77. The molecule has 0 unspecified atom stereocenters. The van der Waals surface area contributed by atoms with Gasteiger partial charge in [0.1, 0.15) is 11.5 Å². The van der Waals surface area contributed by atoms with Crippen molar-refractivity contribution >= 4 is 16.8 Å². The summed E-state index contributed by atoms with van der Waals surface area (Å²) in [4.78, 5) is 15.2. The maximum atomic E-state index is 13.2. The first-order valence-electron chi connectivity index (χ1n) is 6.77. The zero-order chi connectivity index (χ0) is 14.8. The molecule has 0 aliphatic heterocycles. The third kappa shape index (κ3) is 2.79. The molecular formula is C17H15FN2O. The predicted octanol–water partition coefficient (Wildman–Crippen LogP) is 3.80. The molecule has 0 saturated heterocycles. The monoisotopic (exact) mass is 282 g/mol. The van der Waals surface area contributed by atoms with Crippen LogP contribution in [0.15, 0.2) is 54.6 Å². The summed E-state index contributed by atoms with van der Waals surface area (Å²) in [6.45, 7) is 1.93. The number of halogens is 1. The van der Waals surface area contributed by atoms with Crippen LogP contribution >= 0.6 is 0 Å². The van der Waals surface area contributed by atoms with Crippen molar-refractivity contribution in [3.05, 3.63) is 71.7 Å². The molecule has 3 rings (SSSR count). The van der Waals surface area contributed by atoms with Crippen molar-refractivity contribution in [2.75, 3.05) is 0 Å². The SMILES string of the molecule is C[C@@H](NC(=O)c1cc2cc(F)ccc2[nH]1)c1ccccc1. The van der Waals surface area contributed by atoms with E-state index in [1.807, 2.05) is 37.3 Å². The van der Waals surface area contributed by atoms with Crippen molar-refractivity contribution in [1.29, 1.82) is 0 Å². The van der Waals surface area contributed by atoms with Gasteiger partial charge in [0.25, 0.3) is 5.91 Å². The second-order valence-electron chi connectivity index (χ2n) is 5.02. The number of aromatic nitrogens is 1. The van der Waals surface area contributed by atoms with E-state index >= 15 is 0 Å². The summed E-state index contributed by atoms with van der Waals surface area (Å²) in [5, 5.41) is 3.61. The highest BCUT2D eigenvalue weighted by atomic mass is 19.1. The zero-order valence-electron chi connectivity index (χ0n) is 11.6. The van der Waals surface area contributed by atoms with Crippen LogP contribution in [-0.2, 0) is 0 Å². The van der Waals surface area contributed by atoms with E-state index in [-0.39, 0.29) is 17.8 Å². The maximum Gasteiger partial charge on any atom is 0.268 e. The molecule has 1 aromatic heterocycles. The molecular weight excluding hydrogens is 267 g/mol. The van der Waals surface area contributed by atoms with E-state index in [0.29, 0.717) is 11.1 Å². The lowest BCUT2D eigenvalue weighted by Crippen LogP contribution is -2.26. The van der Waals surface area contributed by atoms with Crippen LogP contribution < -0.4 is 5.32 Å². The lowest BCUT2D eigenvalue weighted by atomic mass is 10.1. The Morgan fingerprint density at radius 2 is 1.90 bits per heavy atom. The highest BCUT2D eigenvalue weighted by Gasteiger charge is 2.13. The normalized spacial score (nSPS) is 12.3. The Morgan fingerprint density at radius 1 is 1.14 bits per heavy atom. The molecule has 1 amide bonds. The van der Waals surface area contributed by atoms with E-state index in [4.69, 9.17) is 0 Å². The average molecular weight is 282 g/mol. The van der Waals surface area contributed by atoms with Crippen molar-refractivity contribution in [3.8, 4) is 0 Å². The Balaban J connectivity index is 1.80. The summed E-state index contributed by atoms with van der Waals surface area (Å²) in [7, 11) is 0. The van der Waals surface area contributed by atoms with Gasteiger partial charge in [0.2, 0.25) is 0 Å². The fourth-order valence-corrected chi connectivity index (χ4v) is 2.33. The fourth-order valence-electron chi connectivity index (χ4n) is 2.33. The van der Waals surface area contributed by atoms with Gasteiger partial charge >= 0.3 is 0 Å². The summed E-state index contributed by atoms with van der Waals surface area (Å²) in [5.74, 6) is -0.519. The molecule has 0 bridgehead atoms. The summed E-state index contributed by atoms with van der Waals surface area (Å²) >= 11 is 0. The van der Waals surface area contributed by atoms with Crippen LogP contribution in [0.3, 0.4) is 0 Å². The highest BCUT2D eigenvalue weighted by molar-refractivity contribution is 5.98. The van der Waals surface area contributed by atoms with Gasteiger partial charge in [0.05, 0.1) is 6.04 Å². The van der Waals surface area contributed by atoms with E-state index < -0.39 is 0 Å². The van der Waals surface area contributed by atoms with Crippen LogP contribution in [0, 0.1) is 5.82 Å². The van der Waals surface area contributed by atoms with Crippen LogP contribution in [0.1, 0.15) is 29.0 Å². The lowest BCUT2D eigenvalue weighted by Gasteiger charge is -2.13. The third-order valence-corrected chi connectivity index (χ3v) is 3.47. The summed E-state index contributed by atoms with van der Waals surface area (Å²) in [6.07, 6.45) is 0. The number of hydrogen-bond donors (Lipinski definition) is 2. The molecule has 2 N–H and O–H groups in total. The van der Waals surface area contributed by atoms with Crippen molar-refractivity contribution in [1.82, 2.24) is 10.3 Å². The van der Waals surface area contributed by atoms with E-state index in [1.165, 1.54) is 12.1 Å². The van der Waals surface area contributed by atoms with E-state index in [9.17, 15) is 9.18 Å². The van der Waals surface area contributed by atoms with Gasteiger partial charge in [-0.1, -0.05) is 30.3 Å². The number of nitrogens with one attached hydrogen (secondary N) is 2. The number of H-pyrrole nitrogens is 1. The smallest absolute Gasteiger partial charge is 0.268 e. The number of carbonyl (C=O) groups excluding carboxylic acids is 1.